The Morgan fingerprint density at radius 2 is 2.08 bits per heavy atom. The summed E-state index contributed by atoms with van der Waals surface area (Å²) in [5, 5.41) is 8.95. The average molecular weight is 434 g/mol. The molecule has 3 aromatic rings. The summed E-state index contributed by atoms with van der Waals surface area (Å²) in [4.78, 5) is 17.4. The summed E-state index contributed by atoms with van der Waals surface area (Å²) >= 11 is 4.99. The number of nitrogens with zero attached hydrogens (tertiary/aromatic N) is 2. The number of amides is 1. The maximum Gasteiger partial charge on any atom is 0.227 e. The molecule has 7 heteroatoms. The molecule has 1 N–H and O–H groups in total. The second kappa shape index (κ2) is 9.09. The lowest BCUT2D eigenvalue weighted by atomic mass is 10.1. The van der Waals surface area contributed by atoms with Crippen LogP contribution in [0.5, 0.6) is 0 Å². The number of carbonyl (C=O) groups is 1. The van der Waals surface area contributed by atoms with Gasteiger partial charge in [-0.1, -0.05) is 39.3 Å². The number of aromatic nitrogens is 2. The van der Waals surface area contributed by atoms with Crippen LogP contribution in [0.2, 0.25) is 0 Å². The molecule has 2 heterocycles. The van der Waals surface area contributed by atoms with Crippen molar-refractivity contribution in [1.29, 1.82) is 0 Å². The zero-order valence-corrected chi connectivity index (χ0v) is 16.8. The SMILES string of the molecule is CC(CCc1ccc(Br)cc1)NC(=O)CCc1nc(-c2cccs2)no1. The Kier molecular flexibility index (Phi) is 6.57. The lowest BCUT2D eigenvalue weighted by molar-refractivity contribution is -0.121. The topological polar surface area (TPSA) is 68.0 Å². The number of benzene rings is 1. The molecule has 0 aliphatic carbocycles. The summed E-state index contributed by atoms with van der Waals surface area (Å²) in [6.45, 7) is 2.03. The van der Waals surface area contributed by atoms with E-state index < -0.39 is 0 Å². The Morgan fingerprint density at radius 1 is 1.27 bits per heavy atom. The zero-order chi connectivity index (χ0) is 18.4. The highest BCUT2D eigenvalue weighted by molar-refractivity contribution is 9.10. The molecule has 3 rings (SSSR count). The fraction of sp³-hybridized carbons (Fsp3) is 0.316. The lowest BCUT2D eigenvalue weighted by Crippen LogP contribution is -2.33. The van der Waals surface area contributed by atoms with Crippen molar-refractivity contribution in [3.8, 4) is 10.7 Å². The van der Waals surface area contributed by atoms with Crippen molar-refractivity contribution >= 4 is 33.2 Å². The summed E-state index contributed by atoms with van der Waals surface area (Å²) < 4.78 is 6.30. The van der Waals surface area contributed by atoms with Gasteiger partial charge >= 0.3 is 0 Å². The number of halogens is 1. The summed E-state index contributed by atoms with van der Waals surface area (Å²) in [5.41, 5.74) is 1.27. The molecule has 1 atom stereocenters. The zero-order valence-electron chi connectivity index (χ0n) is 14.4. The van der Waals surface area contributed by atoms with Crippen LogP contribution in [0, 0.1) is 0 Å². The summed E-state index contributed by atoms with van der Waals surface area (Å²) in [7, 11) is 0. The van der Waals surface area contributed by atoms with E-state index in [-0.39, 0.29) is 11.9 Å². The molecule has 1 unspecified atom stereocenters. The molecule has 0 bridgehead atoms. The van der Waals surface area contributed by atoms with Crippen LogP contribution < -0.4 is 5.32 Å². The van der Waals surface area contributed by atoms with E-state index in [0.717, 1.165) is 22.2 Å². The molecule has 0 spiro atoms. The van der Waals surface area contributed by atoms with E-state index in [1.165, 1.54) is 5.56 Å². The standard InChI is InChI=1S/C19H20BrN3O2S/c1-13(4-5-14-6-8-15(20)9-7-14)21-17(24)10-11-18-22-19(23-25-18)16-3-2-12-26-16/h2-3,6-9,12-13H,4-5,10-11H2,1H3,(H,21,24). The minimum absolute atomic E-state index is 0.00387. The Labute approximate surface area is 165 Å². The Hall–Kier alpha value is -1.99. The van der Waals surface area contributed by atoms with Gasteiger partial charge < -0.3 is 9.84 Å². The smallest absolute Gasteiger partial charge is 0.227 e. The summed E-state index contributed by atoms with van der Waals surface area (Å²) in [6.07, 6.45) is 2.62. The fourth-order valence-corrected chi connectivity index (χ4v) is 3.45. The highest BCUT2D eigenvalue weighted by Crippen LogP contribution is 2.21. The quantitative estimate of drug-likeness (QED) is 0.561. The van der Waals surface area contributed by atoms with Gasteiger partial charge in [-0.15, -0.1) is 11.3 Å². The van der Waals surface area contributed by atoms with Gasteiger partial charge in [0.15, 0.2) is 0 Å². The molecule has 1 aromatic carbocycles. The number of carbonyl (C=O) groups excluding carboxylic acids is 1. The summed E-state index contributed by atoms with van der Waals surface area (Å²) in [5.74, 6) is 1.08. The van der Waals surface area contributed by atoms with Gasteiger partial charge in [-0.25, -0.2) is 0 Å². The number of aryl methyl sites for hydroxylation is 2. The van der Waals surface area contributed by atoms with Gasteiger partial charge in [0.1, 0.15) is 0 Å². The Bertz CT molecular complexity index is 831. The number of hydrogen-bond donors (Lipinski definition) is 1. The van der Waals surface area contributed by atoms with Gasteiger partial charge in [-0.05, 0) is 48.9 Å². The second-order valence-corrected chi connectivity index (χ2v) is 7.99. The van der Waals surface area contributed by atoms with Crippen LogP contribution in [0.3, 0.4) is 0 Å². The lowest BCUT2D eigenvalue weighted by Gasteiger charge is -2.13. The number of rotatable bonds is 8. The van der Waals surface area contributed by atoms with Gasteiger partial charge in [0.2, 0.25) is 17.6 Å². The molecule has 26 heavy (non-hydrogen) atoms. The van der Waals surface area contributed by atoms with Crippen LogP contribution in [-0.4, -0.2) is 22.1 Å². The molecule has 136 valence electrons. The van der Waals surface area contributed by atoms with Crippen molar-refractivity contribution in [3.05, 3.63) is 57.7 Å². The van der Waals surface area contributed by atoms with E-state index in [9.17, 15) is 4.79 Å². The van der Waals surface area contributed by atoms with Crippen molar-refractivity contribution in [2.75, 3.05) is 0 Å². The second-order valence-electron chi connectivity index (χ2n) is 6.12. The monoisotopic (exact) mass is 433 g/mol. The molecule has 0 saturated heterocycles. The van der Waals surface area contributed by atoms with Crippen molar-refractivity contribution in [3.63, 3.8) is 0 Å². The van der Waals surface area contributed by atoms with Gasteiger partial charge in [-0.2, -0.15) is 4.98 Å². The molecule has 0 fully saturated rings. The minimum atomic E-state index is 0.00387. The number of thiophene rings is 1. The molecular weight excluding hydrogens is 414 g/mol. The van der Waals surface area contributed by atoms with Crippen LogP contribution >= 0.6 is 27.3 Å². The third kappa shape index (κ3) is 5.51. The van der Waals surface area contributed by atoms with E-state index in [1.807, 2.05) is 36.6 Å². The molecule has 0 aliphatic rings. The third-order valence-electron chi connectivity index (χ3n) is 3.96. The summed E-state index contributed by atoms with van der Waals surface area (Å²) in [6, 6.07) is 12.3. The predicted molar refractivity (Wildman–Crippen MR) is 106 cm³/mol. The first-order valence-electron chi connectivity index (χ1n) is 8.50. The van der Waals surface area contributed by atoms with Gasteiger partial charge in [0.25, 0.3) is 0 Å². The molecular formula is C19H20BrN3O2S. The Balaban J connectivity index is 1.40. The van der Waals surface area contributed by atoms with E-state index in [1.54, 1.807) is 11.3 Å². The van der Waals surface area contributed by atoms with Crippen molar-refractivity contribution < 1.29 is 9.32 Å². The van der Waals surface area contributed by atoms with Gasteiger partial charge in [0, 0.05) is 23.4 Å². The first kappa shape index (κ1) is 18.8. The van der Waals surface area contributed by atoms with Crippen LogP contribution in [-0.2, 0) is 17.6 Å². The maximum atomic E-state index is 12.1. The molecule has 5 nitrogen and oxygen atoms in total. The number of nitrogens with one attached hydrogen (secondary N) is 1. The van der Waals surface area contributed by atoms with Gasteiger partial charge in [-0.3, -0.25) is 4.79 Å². The number of hydrogen-bond acceptors (Lipinski definition) is 5. The van der Waals surface area contributed by atoms with Crippen LogP contribution in [0.25, 0.3) is 10.7 Å². The normalized spacial score (nSPS) is 12.1. The van der Waals surface area contributed by atoms with Crippen molar-refractivity contribution in [1.82, 2.24) is 15.5 Å². The largest absolute Gasteiger partial charge is 0.354 e. The van der Waals surface area contributed by atoms with E-state index in [4.69, 9.17) is 4.52 Å². The first-order chi connectivity index (χ1) is 12.6. The Morgan fingerprint density at radius 3 is 2.81 bits per heavy atom. The van der Waals surface area contributed by atoms with Crippen molar-refractivity contribution in [2.45, 2.75) is 38.6 Å². The first-order valence-corrected chi connectivity index (χ1v) is 10.2. The van der Waals surface area contributed by atoms with Crippen LogP contribution in [0.4, 0.5) is 0 Å². The molecule has 0 saturated carbocycles. The fourth-order valence-electron chi connectivity index (χ4n) is 2.54. The molecule has 0 aliphatic heterocycles. The highest BCUT2D eigenvalue weighted by Gasteiger charge is 2.12. The molecule has 0 radical (unpaired) electrons. The van der Waals surface area contributed by atoms with Crippen LogP contribution in [0.1, 0.15) is 31.2 Å². The molecule has 1 amide bonds. The van der Waals surface area contributed by atoms with Gasteiger partial charge in [0.05, 0.1) is 4.88 Å². The predicted octanol–water partition coefficient (Wildman–Crippen LogP) is 4.63. The van der Waals surface area contributed by atoms with E-state index in [0.29, 0.717) is 24.6 Å². The minimum Gasteiger partial charge on any atom is -0.354 e. The highest BCUT2D eigenvalue weighted by atomic mass is 79.9. The average Bonchev–Trinajstić information content (AvgIpc) is 3.31. The molecule has 2 aromatic heterocycles. The maximum absolute atomic E-state index is 12.1. The third-order valence-corrected chi connectivity index (χ3v) is 5.36. The van der Waals surface area contributed by atoms with Crippen LogP contribution in [0.15, 0.2) is 50.8 Å². The van der Waals surface area contributed by atoms with E-state index >= 15 is 0 Å². The van der Waals surface area contributed by atoms with E-state index in [2.05, 4.69) is 43.5 Å². The van der Waals surface area contributed by atoms with Crippen molar-refractivity contribution in [2.24, 2.45) is 0 Å².